The molecular weight excluding hydrogens is 344 g/mol. The fourth-order valence-corrected chi connectivity index (χ4v) is 5.60. The van der Waals surface area contributed by atoms with Crippen molar-refractivity contribution in [2.45, 2.75) is 39.0 Å². The predicted molar refractivity (Wildman–Crippen MR) is 92.9 cm³/mol. The van der Waals surface area contributed by atoms with Gasteiger partial charge in [0.1, 0.15) is 11.1 Å². The highest BCUT2D eigenvalue weighted by Gasteiger charge is 2.50. The molecule has 4 nitrogen and oxygen atoms in total. The van der Waals surface area contributed by atoms with E-state index in [1.54, 1.807) is 0 Å². The van der Waals surface area contributed by atoms with Crippen LogP contribution in [0.5, 0.6) is 0 Å². The number of aryl methyl sites for hydroxylation is 1. The Morgan fingerprint density at radius 1 is 1.29 bits per heavy atom. The van der Waals surface area contributed by atoms with Crippen molar-refractivity contribution in [3.8, 4) is 6.07 Å². The van der Waals surface area contributed by atoms with Crippen LogP contribution in [0.4, 0.5) is 5.00 Å². The summed E-state index contributed by atoms with van der Waals surface area (Å²) in [5.41, 5.74) is 1.57. The van der Waals surface area contributed by atoms with Crippen LogP contribution in [0.25, 0.3) is 0 Å². The minimum atomic E-state index is -0.375. The molecule has 1 aliphatic heterocycles. The summed E-state index contributed by atoms with van der Waals surface area (Å²) in [5.74, 6) is -0.542. The molecule has 2 aliphatic carbocycles. The number of carbonyl (C=O) groups excluding carboxylic acids is 2. The molecule has 6 heteroatoms. The minimum Gasteiger partial charge on any atom is -0.274 e. The lowest BCUT2D eigenvalue weighted by Gasteiger charge is -2.17. The minimum absolute atomic E-state index is 0.173. The Morgan fingerprint density at radius 3 is 2.79 bits per heavy atom. The van der Waals surface area contributed by atoms with Gasteiger partial charge in [0.2, 0.25) is 11.8 Å². The molecule has 1 fully saturated rings. The van der Waals surface area contributed by atoms with Gasteiger partial charge in [0.25, 0.3) is 0 Å². The lowest BCUT2D eigenvalue weighted by molar-refractivity contribution is -0.122. The van der Waals surface area contributed by atoms with Gasteiger partial charge in [-0.25, -0.2) is 4.90 Å². The summed E-state index contributed by atoms with van der Waals surface area (Å²) >= 11 is 7.53. The van der Waals surface area contributed by atoms with Crippen molar-refractivity contribution in [2.75, 3.05) is 4.90 Å². The molecule has 2 heterocycles. The number of halogens is 1. The van der Waals surface area contributed by atoms with E-state index in [9.17, 15) is 14.9 Å². The number of carbonyl (C=O) groups is 2. The molecule has 0 saturated carbocycles. The highest BCUT2D eigenvalue weighted by atomic mass is 35.5. The molecule has 124 valence electrons. The summed E-state index contributed by atoms with van der Waals surface area (Å²) in [6, 6.07) is 2.26. The number of allylic oxidation sites excluding steroid dienone is 2. The second-order valence-corrected chi connectivity index (χ2v) is 8.53. The number of fused-ring (bicyclic) bond motifs is 2. The van der Waals surface area contributed by atoms with Crippen LogP contribution in [-0.4, -0.2) is 11.8 Å². The molecule has 1 saturated heterocycles. The van der Waals surface area contributed by atoms with Gasteiger partial charge in [-0.3, -0.25) is 9.59 Å². The maximum atomic E-state index is 12.9. The van der Waals surface area contributed by atoms with Crippen LogP contribution in [0.1, 0.15) is 42.2 Å². The van der Waals surface area contributed by atoms with E-state index < -0.39 is 0 Å². The van der Waals surface area contributed by atoms with Gasteiger partial charge >= 0.3 is 0 Å². The molecule has 24 heavy (non-hydrogen) atoms. The van der Waals surface area contributed by atoms with E-state index in [1.807, 2.05) is 6.08 Å². The average molecular weight is 361 g/mol. The topological polar surface area (TPSA) is 61.2 Å². The molecule has 1 aromatic heterocycles. The SMILES string of the molecule is C[C@H]1CCc2sc(N3C(=O)[C@H]4CC(Cl)=CC[C@H]4C3=O)c(C#N)c2C1. The molecule has 3 atom stereocenters. The Labute approximate surface area is 149 Å². The molecule has 1 aromatic rings. The molecule has 3 aliphatic rings. The van der Waals surface area contributed by atoms with Gasteiger partial charge in [0.05, 0.1) is 17.4 Å². The van der Waals surface area contributed by atoms with Crippen molar-refractivity contribution < 1.29 is 9.59 Å². The van der Waals surface area contributed by atoms with Crippen LogP contribution in [-0.2, 0) is 22.4 Å². The van der Waals surface area contributed by atoms with E-state index in [-0.39, 0.29) is 23.7 Å². The number of imide groups is 1. The molecule has 0 aromatic carbocycles. The number of hydrogen-bond donors (Lipinski definition) is 0. The standard InChI is InChI=1S/C18H17ClN2O2S/c1-9-2-5-15-12(6-9)14(8-20)18(24-15)21-16(22)11-4-3-10(19)7-13(11)17(21)23/h3,9,11,13H,2,4-7H2,1H3/t9-,11+,13-/m0/s1. The summed E-state index contributed by atoms with van der Waals surface area (Å²) in [4.78, 5) is 28.1. The monoisotopic (exact) mass is 360 g/mol. The zero-order chi connectivity index (χ0) is 17.0. The van der Waals surface area contributed by atoms with Crippen molar-refractivity contribution in [1.29, 1.82) is 5.26 Å². The number of hydrogen-bond acceptors (Lipinski definition) is 4. The Kier molecular flexibility index (Phi) is 3.78. The van der Waals surface area contributed by atoms with E-state index in [1.165, 1.54) is 16.2 Å². The summed E-state index contributed by atoms with van der Waals surface area (Å²) < 4.78 is 0. The second-order valence-electron chi connectivity index (χ2n) is 6.96. The van der Waals surface area contributed by atoms with Gasteiger partial charge in [-0.15, -0.1) is 11.3 Å². The molecule has 4 rings (SSSR count). The zero-order valence-corrected chi connectivity index (χ0v) is 14.9. The van der Waals surface area contributed by atoms with Gasteiger partial charge in [0, 0.05) is 9.91 Å². The van der Waals surface area contributed by atoms with E-state index in [0.29, 0.717) is 34.4 Å². The normalized spacial score (nSPS) is 29.1. The number of anilines is 1. The van der Waals surface area contributed by atoms with Gasteiger partial charge < -0.3 is 0 Å². The Balaban J connectivity index is 1.77. The second kappa shape index (κ2) is 5.72. The van der Waals surface area contributed by atoms with Crippen LogP contribution in [0.2, 0.25) is 0 Å². The van der Waals surface area contributed by atoms with Gasteiger partial charge in [-0.05, 0) is 43.6 Å². The number of nitriles is 1. The highest BCUT2D eigenvalue weighted by molar-refractivity contribution is 7.17. The maximum absolute atomic E-state index is 12.9. The fourth-order valence-electron chi connectivity index (χ4n) is 4.04. The maximum Gasteiger partial charge on any atom is 0.238 e. The lowest BCUT2D eigenvalue weighted by Crippen LogP contribution is -2.30. The van der Waals surface area contributed by atoms with E-state index >= 15 is 0 Å². The van der Waals surface area contributed by atoms with Crippen molar-refractivity contribution >= 4 is 39.8 Å². The third-order valence-corrected chi connectivity index (χ3v) is 6.96. The number of nitrogens with zero attached hydrogens (tertiary/aromatic N) is 2. The summed E-state index contributed by atoms with van der Waals surface area (Å²) in [6.07, 6.45) is 5.64. The Morgan fingerprint density at radius 2 is 2.04 bits per heavy atom. The summed E-state index contributed by atoms with van der Waals surface area (Å²) in [7, 11) is 0. The Bertz CT molecular complexity index is 820. The smallest absolute Gasteiger partial charge is 0.238 e. The lowest BCUT2D eigenvalue weighted by atomic mass is 9.85. The van der Waals surface area contributed by atoms with Crippen molar-refractivity contribution in [1.82, 2.24) is 0 Å². The third-order valence-electron chi connectivity index (χ3n) is 5.37. The molecule has 0 N–H and O–H groups in total. The Hall–Kier alpha value is -1.64. The van der Waals surface area contributed by atoms with Crippen LogP contribution in [0.3, 0.4) is 0 Å². The van der Waals surface area contributed by atoms with Gasteiger partial charge in [0.15, 0.2) is 0 Å². The van der Waals surface area contributed by atoms with Gasteiger partial charge in [-0.2, -0.15) is 5.26 Å². The number of rotatable bonds is 1. The summed E-state index contributed by atoms with van der Waals surface area (Å²) in [5, 5.41) is 10.8. The first-order chi connectivity index (χ1) is 11.5. The number of amides is 2. The van der Waals surface area contributed by atoms with E-state index in [4.69, 9.17) is 11.6 Å². The predicted octanol–water partition coefficient (Wildman–Crippen LogP) is 3.77. The largest absolute Gasteiger partial charge is 0.274 e. The van der Waals surface area contributed by atoms with Crippen LogP contribution < -0.4 is 4.90 Å². The highest BCUT2D eigenvalue weighted by Crippen LogP contribution is 2.46. The number of thiophene rings is 1. The molecule has 0 radical (unpaired) electrons. The first kappa shape index (κ1) is 15.9. The van der Waals surface area contributed by atoms with Crippen LogP contribution in [0.15, 0.2) is 11.1 Å². The molecule has 0 bridgehead atoms. The van der Waals surface area contributed by atoms with E-state index in [2.05, 4.69) is 13.0 Å². The van der Waals surface area contributed by atoms with Crippen LogP contribution in [0, 0.1) is 29.1 Å². The zero-order valence-electron chi connectivity index (χ0n) is 13.3. The van der Waals surface area contributed by atoms with E-state index in [0.717, 1.165) is 29.7 Å². The fraction of sp³-hybridized carbons (Fsp3) is 0.500. The van der Waals surface area contributed by atoms with Crippen molar-refractivity contribution in [3.63, 3.8) is 0 Å². The molecule has 0 spiro atoms. The van der Waals surface area contributed by atoms with Crippen molar-refractivity contribution in [2.24, 2.45) is 17.8 Å². The first-order valence-electron chi connectivity index (χ1n) is 8.28. The molecule has 2 amide bonds. The van der Waals surface area contributed by atoms with Gasteiger partial charge in [-0.1, -0.05) is 24.6 Å². The first-order valence-corrected chi connectivity index (χ1v) is 9.47. The third kappa shape index (κ3) is 2.24. The van der Waals surface area contributed by atoms with Crippen LogP contribution >= 0.6 is 22.9 Å². The quantitative estimate of drug-likeness (QED) is 0.716. The summed E-state index contributed by atoms with van der Waals surface area (Å²) in [6.45, 7) is 2.18. The molecular formula is C18H17ClN2O2S. The molecule has 0 unspecified atom stereocenters. The van der Waals surface area contributed by atoms with Crippen molar-refractivity contribution in [3.05, 3.63) is 27.1 Å². The average Bonchev–Trinajstić information content (AvgIpc) is 3.02.